The quantitative estimate of drug-likeness (QED) is 0.302. The minimum atomic E-state index is -0.524. The van der Waals surface area contributed by atoms with E-state index in [2.05, 4.69) is 10.3 Å². The molecule has 0 saturated heterocycles. The van der Waals surface area contributed by atoms with Crippen LogP contribution in [0.15, 0.2) is 76.7 Å². The number of benzene rings is 3. The second-order valence-electron chi connectivity index (χ2n) is 7.24. The maximum absolute atomic E-state index is 13.3. The highest BCUT2D eigenvalue weighted by Gasteiger charge is 2.14. The Labute approximate surface area is 197 Å². The monoisotopic (exact) mass is 485 g/mol. The van der Waals surface area contributed by atoms with Crippen LogP contribution in [0, 0.1) is 11.6 Å². The van der Waals surface area contributed by atoms with Crippen molar-refractivity contribution < 1.29 is 13.6 Å². The van der Waals surface area contributed by atoms with Gasteiger partial charge < -0.3 is 5.32 Å². The molecule has 0 spiro atoms. The molecule has 5 nitrogen and oxygen atoms in total. The molecule has 0 unspecified atom stereocenters. The Kier molecular flexibility index (Phi) is 7.05. The Morgan fingerprint density at radius 3 is 2.52 bits per heavy atom. The maximum atomic E-state index is 13.3. The van der Waals surface area contributed by atoms with Gasteiger partial charge in [-0.1, -0.05) is 53.7 Å². The molecule has 0 aliphatic rings. The number of nitrogens with zero attached hydrogens (tertiary/aromatic N) is 2. The van der Waals surface area contributed by atoms with E-state index in [4.69, 9.17) is 11.6 Å². The topological polar surface area (TPSA) is 64.0 Å². The second kappa shape index (κ2) is 10.1. The first kappa shape index (κ1) is 22.9. The molecule has 0 atom stereocenters. The summed E-state index contributed by atoms with van der Waals surface area (Å²) < 4.78 is 28.1. The molecular weight excluding hydrogens is 468 g/mol. The molecule has 1 heterocycles. The molecule has 0 saturated carbocycles. The number of para-hydroxylation sites is 1. The Morgan fingerprint density at radius 1 is 1.03 bits per heavy atom. The molecule has 9 heteroatoms. The van der Waals surface area contributed by atoms with Crippen LogP contribution in [0.3, 0.4) is 0 Å². The number of rotatable bonds is 7. The zero-order valence-electron chi connectivity index (χ0n) is 17.2. The summed E-state index contributed by atoms with van der Waals surface area (Å²) in [4.78, 5) is 30.1. The number of carbonyl (C=O) groups is 1. The summed E-state index contributed by atoms with van der Waals surface area (Å²) in [5, 5.41) is 3.57. The average molecular weight is 486 g/mol. The van der Waals surface area contributed by atoms with Crippen molar-refractivity contribution in [3.05, 3.63) is 105 Å². The lowest BCUT2D eigenvalue weighted by molar-refractivity contribution is -0.118. The molecule has 4 rings (SSSR count). The van der Waals surface area contributed by atoms with E-state index >= 15 is 0 Å². The van der Waals surface area contributed by atoms with Gasteiger partial charge in [0, 0.05) is 6.54 Å². The summed E-state index contributed by atoms with van der Waals surface area (Å²) in [7, 11) is 0. The summed E-state index contributed by atoms with van der Waals surface area (Å²) >= 11 is 6.90. The largest absolute Gasteiger partial charge is 0.351 e. The van der Waals surface area contributed by atoms with Crippen LogP contribution in [-0.2, 0) is 17.9 Å². The van der Waals surface area contributed by atoms with E-state index < -0.39 is 5.82 Å². The molecule has 0 radical (unpaired) electrons. The number of nitrogens with one attached hydrogen (secondary N) is 1. The van der Waals surface area contributed by atoms with Crippen molar-refractivity contribution in [1.29, 1.82) is 0 Å². The number of thioether (sulfide) groups is 1. The number of hydrogen-bond acceptors (Lipinski definition) is 4. The molecule has 1 aromatic heterocycles. The first-order valence-electron chi connectivity index (χ1n) is 9.98. The van der Waals surface area contributed by atoms with Gasteiger partial charge in [-0.25, -0.2) is 13.8 Å². The predicted molar refractivity (Wildman–Crippen MR) is 125 cm³/mol. The van der Waals surface area contributed by atoms with Crippen molar-refractivity contribution >= 4 is 40.2 Å². The van der Waals surface area contributed by atoms with Gasteiger partial charge in [0.1, 0.15) is 11.6 Å². The standard InChI is InChI=1S/C24H18ClF2N3O2S/c25-19-11-16(7-10-20(19)27)12-28-22(31)14-33-24-29-21-4-2-1-3-18(21)23(32)30(24)13-15-5-8-17(26)9-6-15/h1-11H,12-14H2,(H,28,31). The van der Waals surface area contributed by atoms with E-state index in [1.165, 1.54) is 28.8 Å². The lowest BCUT2D eigenvalue weighted by atomic mass is 10.2. The Morgan fingerprint density at radius 2 is 1.76 bits per heavy atom. The van der Waals surface area contributed by atoms with Gasteiger partial charge in [0.25, 0.3) is 5.56 Å². The van der Waals surface area contributed by atoms with Gasteiger partial charge >= 0.3 is 0 Å². The second-order valence-corrected chi connectivity index (χ2v) is 8.59. The van der Waals surface area contributed by atoms with Gasteiger partial charge in [0.05, 0.1) is 28.2 Å². The van der Waals surface area contributed by atoms with E-state index in [0.717, 1.165) is 17.3 Å². The normalized spacial score (nSPS) is 11.0. The van der Waals surface area contributed by atoms with Gasteiger partial charge in [-0.15, -0.1) is 0 Å². The zero-order chi connectivity index (χ0) is 23.4. The molecule has 1 N–H and O–H groups in total. The van der Waals surface area contributed by atoms with E-state index in [-0.39, 0.29) is 41.1 Å². The summed E-state index contributed by atoms with van der Waals surface area (Å²) in [6.45, 7) is 0.377. The van der Waals surface area contributed by atoms with Crippen LogP contribution in [-0.4, -0.2) is 21.2 Å². The molecule has 0 bridgehead atoms. The zero-order valence-corrected chi connectivity index (χ0v) is 18.8. The molecular formula is C24H18ClF2N3O2S. The average Bonchev–Trinajstić information content (AvgIpc) is 2.82. The fraction of sp³-hybridized carbons (Fsp3) is 0.125. The summed E-state index contributed by atoms with van der Waals surface area (Å²) in [6, 6.07) is 17.1. The van der Waals surface area contributed by atoms with E-state index in [1.807, 2.05) is 0 Å². The van der Waals surface area contributed by atoms with Crippen molar-refractivity contribution in [2.24, 2.45) is 0 Å². The Balaban J connectivity index is 1.53. The Bertz CT molecular complexity index is 1380. The number of hydrogen-bond donors (Lipinski definition) is 1. The van der Waals surface area contributed by atoms with Gasteiger partial charge in [-0.2, -0.15) is 0 Å². The molecule has 0 aliphatic heterocycles. The van der Waals surface area contributed by atoms with Crippen molar-refractivity contribution in [3.63, 3.8) is 0 Å². The third kappa shape index (κ3) is 5.58. The lowest BCUT2D eigenvalue weighted by Crippen LogP contribution is -2.27. The van der Waals surface area contributed by atoms with Crippen LogP contribution < -0.4 is 10.9 Å². The smallest absolute Gasteiger partial charge is 0.262 e. The van der Waals surface area contributed by atoms with Crippen LogP contribution in [0.2, 0.25) is 5.02 Å². The number of fused-ring (bicyclic) bond motifs is 1. The first-order valence-corrected chi connectivity index (χ1v) is 11.3. The molecule has 0 aliphatic carbocycles. The first-order chi connectivity index (χ1) is 15.9. The molecule has 3 aromatic carbocycles. The minimum Gasteiger partial charge on any atom is -0.351 e. The van der Waals surface area contributed by atoms with Crippen LogP contribution in [0.1, 0.15) is 11.1 Å². The lowest BCUT2D eigenvalue weighted by Gasteiger charge is -2.13. The van der Waals surface area contributed by atoms with E-state index in [9.17, 15) is 18.4 Å². The number of halogens is 3. The molecule has 4 aromatic rings. The van der Waals surface area contributed by atoms with Crippen molar-refractivity contribution in [2.75, 3.05) is 5.75 Å². The maximum Gasteiger partial charge on any atom is 0.262 e. The molecule has 33 heavy (non-hydrogen) atoms. The predicted octanol–water partition coefficient (Wildman–Crippen LogP) is 4.78. The van der Waals surface area contributed by atoms with Crippen LogP contribution in [0.25, 0.3) is 10.9 Å². The number of carbonyl (C=O) groups excluding carboxylic acids is 1. The minimum absolute atomic E-state index is 0.0127. The summed E-state index contributed by atoms with van der Waals surface area (Å²) in [6.07, 6.45) is 0. The Hall–Kier alpha value is -3.23. The third-order valence-electron chi connectivity index (χ3n) is 4.89. The van der Waals surface area contributed by atoms with Crippen LogP contribution >= 0.6 is 23.4 Å². The van der Waals surface area contributed by atoms with Gasteiger partial charge in [0.15, 0.2) is 5.16 Å². The van der Waals surface area contributed by atoms with E-state index in [0.29, 0.717) is 21.6 Å². The highest BCUT2D eigenvalue weighted by atomic mass is 35.5. The van der Waals surface area contributed by atoms with Crippen LogP contribution in [0.5, 0.6) is 0 Å². The third-order valence-corrected chi connectivity index (χ3v) is 6.15. The van der Waals surface area contributed by atoms with Crippen LogP contribution in [0.4, 0.5) is 8.78 Å². The summed E-state index contributed by atoms with van der Waals surface area (Å²) in [5.41, 5.74) is 1.68. The molecule has 168 valence electrons. The highest BCUT2D eigenvalue weighted by Crippen LogP contribution is 2.20. The molecule has 1 amide bonds. The van der Waals surface area contributed by atoms with Crippen molar-refractivity contribution in [3.8, 4) is 0 Å². The summed E-state index contributed by atoms with van der Waals surface area (Å²) in [5.74, 6) is -1.15. The fourth-order valence-corrected chi connectivity index (χ4v) is 4.23. The van der Waals surface area contributed by atoms with E-state index in [1.54, 1.807) is 42.5 Å². The SMILES string of the molecule is O=C(CSc1nc2ccccc2c(=O)n1Cc1ccc(F)cc1)NCc1ccc(F)c(Cl)c1. The van der Waals surface area contributed by atoms with Gasteiger partial charge in [-0.05, 0) is 47.5 Å². The highest BCUT2D eigenvalue weighted by molar-refractivity contribution is 7.99. The van der Waals surface area contributed by atoms with Gasteiger partial charge in [-0.3, -0.25) is 14.2 Å². The molecule has 0 fully saturated rings. The van der Waals surface area contributed by atoms with Gasteiger partial charge in [0.2, 0.25) is 5.91 Å². The van der Waals surface area contributed by atoms with Crippen molar-refractivity contribution in [2.45, 2.75) is 18.2 Å². The fourth-order valence-electron chi connectivity index (χ4n) is 3.20. The number of aromatic nitrogens is 2. The number of amides is 1. The van der Waals surface area contributed by atoms with Crippen molar-refractivity contribution in [1.82, 2.24) is 14.9 Å².